The molecule has 1 aromatic rings. The van der Waals surface area contributed by atoms with Crippen LogP contribution in [0.15, 0.2) is 16.7 Å². The Morgan fingerprint density at radius 3 is 2.78 bits per heavy atom. The van der Waals surface area contributed by atoms with Gasteiger partial charge in [-0.2, -0.15) is 0 Å². The normalized spacial score (nSPS) is 27.4. The third kappa shape index (κ3) is 3.06. The van der Waals surface area contributed by atoms with Crippen molar-refractivity contribution in [2.24, 2.45) is 5.92 Å². The average molecular weight is 273 g/mol. The Hall–Kier alpha value is -1.00. The maximum Gasteiger partial charge on any atom is 0.287 e. The van der Waals surface area contributed by atoms with E-state index in [9.17, 15) is 4.79 Å². The third-order valence-corrected chi connectivity index (χ3v) is 3.58. The van der Waals surface area contributed by atoms with E-state index in [1.165, 1.54) is 0 Å². The number of halogens is 1. The molecule has 5 heteroatoms. The summed E-state index contributed by atoms with van der Waals surface area (Å²) in [5, 5.41) is 6.45. The van der Waals surface area contributed by atoms with Crippen LogP contribution in [0.3, 0.4) is 0 Å². The monoisotopic (exact) mass is 272 g/mol. The van der Waals surface area contributed by atoms with Crippen molar-refractivity contribution in [1.29, 1.82) is 0 Å². The van der Waals surface area contributed by atoms with E-state index in [2.05, 4.69) is 24.5 Å². The Balaban J connectivity index is 0.00000162. The fourth-order valence-electron chi connectivity index (χ4n) is 2.43. The van der Waals surface area contributed by atoms with Gasteiger partial charge in [0.2, 0.25) is 0 Å². The number of carbonyl (C=O) groups is 1. The molecule has 1 saturated heterocycles. The maximum atomic E-state index is 12.1. The highest BCUT2D eigenvalue weighted by Crippen LogP contribution is 2.17. The molecule has 18 heavy (non-hydrogen) atoms. The molecule has 1 aromatic heterocycles. The summed E-state index contributed by atoms with van der Waals surface area (Å²) in [6, 6.07) is 2.28. The topological polar surface area (TPSA) is 54.3 Å². The first kappa shape index (κ1) is 15.1. The van der Waals surface area contributed by atoms with Crippen molar-refractivity contribution in [2.45, 2.75) is 39.3 Å². The van der Waals surface area contributed by atoms with Gasteiger partial charge in [0, 0.05) is 17.6 Å². The van der Waals surface area contributed by atoms with Crippen molar-refractivity contribution in [1.82, 2.24) is 10.6 Å². The van der Waals surface area contributed by atoms with E-state index in [0.717, 1.165) is 18.5 Å². The Bertz CT molecular complexity index is 395. The molecule has 4 nitrogen and oxygen atoms in total. The lowest BCUT2D eigenvalue weighted by Gasteiger charge is -2.35. The van der Waals surface area contributed by atoms with Crippen molar-refractivity contribution in [2.75, 3.05) is 6.54 Å². The summed E-state index contributed by atoms with van der Waals surface area (Å²) in [5.74, 6) is 0.806. The minimum atomic E-state index is -0.111. The number of furan rings is 1. The van der Waals surface area contributed by atoms with Crippen molar-refractivity contribution >= 4 is 18.3 Å². The SMILES string of the molecule is Cc1ccoc1C(=O)NC1C(C)CCNC1C.Cl. The fraction of sp³-hybridized carbons (Fsp3) is 0.615. The summed E-state index contributed by atoms with van der Waals surface area (Å²) in [4.78, 5) is 12.1. The quantitative estimate of drug-likeness (QED) is 0.867. The van der Waals surface area contributed by atoms with Gasteiger partial charge in [-0.3, -0.25) is 4.79 Å². The second-order valence-corrected chi connectivity index (χ2v) is 4.94. The lowest BCUT2D eigenvalue weighted by Crippen LogP contribution is -2.55. The van der Waals surface area contributed by atoms with Gasteiger partial charge in [0.1, 0.15) is 0 Å². The van der Waals surface area contributed by atoms with Crippen molar-refractivity contribution in [3.8, 4) is 0 Å². The Kier molecular flexibility index (Phi) is 5.23. The molecule has 1 aliphatic heterocycles. The number of hydrogen-bond acceptors (Lipinski definition) is 3. The van der Waals surface area contributed by atoms with Crippen LogP contribution in [0, 0.1) is 12.8 Å². The molecular formula is C13H21ClN2O2. The standard InChI is InChI=1S/C13H20N2O2.ClH/c1-8-4-6-14-10(3)11(8)15-13(16)12-9(2)5-7-17-12;/h5,7-8,10-11,14H,4,6H2,1-3H3,(H,15,16);1H. The smallest absolute Gasteiger partial charge is 0.287 e. The van der Waals surface area contributed by atoms with Crippen molar-refractivity contribution < 1.29 is 9.21 Å². The molecule has 2 heterocycles. The van der Waals surface area contributed by atoms with Crippen LogP contribution >= 0.6 is 12.4 Å². The second kappa shape index (κ2) is 6.25. The number of hydrogen-bond donors (Lipinski definition) is 2. The number of piperidine rings is 1. The van der Waals surface area contributed by atoms with Gasteiger partial charge in [0.25, 0.3) is 5.91 Å². The van der Waals surface area contributed by atoms with E-state index < -0.39 is 0 Å². The van der Waals surface area contributed by atoms with E-state index in [1.54, 1.807) is 12.3 Å². The molecule has 102 valence electrons. The summed E-state index contributed by atoms with van der Waals surface area (Å²) in [6.45, 7) is 7.19. The Morgan fingerprint density at radius 1 is 1.50 bits per heavy atom. The number of carbonyl (C=O) groups excluding carboxylic acids is 1. The van der Waals surface area contributed by atoms with Crippen LogP contribution in [0.25, 0.3) is 0 Å². The largest absolute Gasteiger partial charge is 0.459 e. The van der Waals surface area contributed by atoms with Gasteiger partial charge in [-0.1, -0.05) is 6.92 Å². The Labute approximate surface area is 114 Å². The highest BCUT2D eigenvalue weighted by Gasteiger charge is 2.29. The lowest BCUT2D eigenvalue weighted by molar-refractivity contribution is 0.0868. The first-order chi connectivity index (χ1) is 8.09. The average Bonchev–Trinajstić information content (AvgIpc) is 2.70. The maximum absolute atomic E-state index is 12.1. The molecule has 0 bridgehead atoms. The molecule has 3 unspecified atom stereocenters. The molecule has 0 spiro atoms. The zero-order chi connectivity index (χ0) is 12.4. The van der Waals surface area contributed by atoms with E-state index in [0.29, 0.717) is 17.7 Å². The highest BCUT2D eigenvalue weighted by atomic mass is 35.5. The van der Waals surface area contributed by atoms with Gasteiger partial charge in [0.15, 0.2) is 5.76 Å². The first-order valence-corrected chi connectivity index (χ1v) is 6.18. The summed E-state index contributed by atoms with van der Waals surface area (Å²) in [5.41, 5.74) is 0.881. The molecule has 0 aliphatic carbocycles. The Morgan fingerprint density at radius 2 is 2.22 bits per heavy atom. The molecule has 2 rings (SSSR count). The van der Waals surface area contributed by atoms with E-state index in [-0.39, 0.29) is 24.4 Å². The molecule has 3 atom stereocenters. The van der Waals surface area contributed by atoms with Gasteiger partial charge in [-0.25, -0.2) is 0 Å². The summed E-state index contributed by atoms with van der Waals surface area (Å²) >= 11 is 0. The predicted octanol–water partition coefficient (Wildman–Crippen LogP) is 2.13. The van der Waals surface area contributed by atoms with Gasteiger partial charge in [-0.05, 0) is 38.8 Å². The lowest BCUT2D eigenvalue weighted by atomic mass is 9.89. The van der Waals surface area contributed by atoms with Gasteiger partial charge >= 0.3 is 0 Å². The number of rotatable bonds is 2. The van der Waals surface area contributed by atoms with Gasteiger partial charge in [-0.15, -0.1) is 12.4 Å². The van der Waals surface area contributed by atoms with E-state index in [4.69, 9.17) is 4.42 Å². The molecule has 0 radical (unpaired) electrons. The fourth-order valence-corrected chi connectivity index (χ4v) is 2.43. The molecule has 0 aromatic carbocycles. The van der Waals surface area contributed by atoms with Crippen LogP contribution in [0.1, 0.15) is 36.4 Å². The predicted molar refractivity (Wildman–Crippen MR) is 73.2 cm³/mol. The molecule has 2 N–H and O–H groups in total. The molecule has 1 aliphatic rings. The van der Waals surface area contributed by atoms with Gasteiger partial charge in [0.05, 0.1) is 6.26 Å². The zero-order valence-corrected chi connectivity index (χ0v) is 11.8. The second-order valence-electron chi connectivity index (χ2n) is 4.94. The first-order valence-electron chi connectivity index (χ1n) is 6.18. The number of aryl methyl sites for hydroxylation is 1. The van der Waals surface area contributed by atoms with Crippen LogP contribution < -0.4 is 10.6 Å². The zero-order valence-electron chi connectivity index (χ0n) is 11.0. The summed E-state index contributed by atoms with van der Waals surface area (Å²) in [6.07, 6.45) is 2.64. The van der Waals surface area contributed by atoms with Crippen LogP contribution in [0.5, 0.6) is 0 Å². The van der Waals surface area contributed by atoms with Crippen LogP contribution in [0.4, 0.5) is 0 Å². The third-order valence-electron chi connectivity index (χ3n) is 3.58. The molecule has 1 amide bonds. The van der Waals surface area contributed by atoms with Crippen molar-refractivity contribution in [3.63, 3.8) is 0 Å². The van der Waals surface area contributed by atoms with Crippen LogP contribution in [-0.4, -0.2) is 24.5 Å². The summed E-state index contributed by atoms with van der Waals surface area (Å²) in [7, 11) is 0. The van der Waals surface area contributed by atoms with Crippen LogP contribution in [-0.2, 0) is 0 Å². The molecular weight excluding hydrogens is 252 g/mol. The number of nitrogens with one attached hydrogen (secondary N) is 2. The van der Waals surface area contributed by atoms with Crippen LogP contribution in [0.2, 0.25) is 0 Å². The minimum absolute atomic E-state index is 0. The highest BCUT2D eigenvalue weighted by molar-refractivity contribution is 5.93. The minimum Gasteiger partial charge on any atom is -0.459 e. The van der Waals surface area contributed by atoms with Gasteiger partial charge < -0.3 is 15.1 Å². The molecule has 0 saturated carbocycles. The van der Waals surface area contributed by atoms with E-state index >= 15 is 0 Å². The summed E-state index contributed by atoms with van der Waals surface area (Å²) < 4.78 is 5.21. The van der Waals surface area contributed by atoms with E-state index in [1.807, 2.05) is 6.92 Å². The molecule has 1 fully saturated rings. The van der Waals surface area contributed by atoms with Crippen molar-refractivity contribution in [3.05, 3.63) is 23.7 Å². The number of amides is 1.